The molecule has 2 aromatic carbocycles. The highest BCUT2D eigenvalue weighted by Crippen LogP contribution is 2.30. The van der Waals surface area contributed by atoms with Gasteiger partial charge in [0.2, 0.25) is 0 Å². The zero-order chi connectivity index (χ0) is 17.8. The van der Waals surface area contributed by atoms with Crippen LogP contribution in [0.1, 0.15) is 11.4 Å². The van der Waals surface area contributed by atoms with E-state index in [1.165, 1.54) is 0 Å². The fraction of sp³-hybridized carbons (Fsp3) is 0.150. The molecule has 1 heterocycles. The quantitative estimate of drug-likeness (QED) is 0.590. The maximum absolute atomic E-state index is 6.07. The maximum atomic E-state index is 6.07. The van der Waals surface area contributed by atoms with Crippen molar-refractivity contribution >= 4 is 23.5 Å². The van der Waals surface area contributed by atoms with Gasteiger partial charge in [-0.05, 0) is 61.5 Å². The molecule has 0 spiro atoms. The highest BCUT2D eigenvalue weighted by molar-refractivity contribution is 6.30. The van der Waals surface area contributed by atoms with Crippen molar-refractivity contribution in [3.05, 3.63) is 71.0 Å². The lowest BCUT2D eigenvalue weighted by molar-refractivity contribution is 0.414. The number of benzene rings is 2. The Labute approximate surface area is 152 Å². The number of hydrogen-bond acceptors (Lipinski definition) is 3. The normalized spacial score (nSPS) is 11.0. The number of methoxy groups -OCH3 is 2. The second-order valence-electron chi connectivity index (χ2n) is 5.51. The van der Waals surface area contributed by atoms with E-state index in [0.717, 1.165) is 22.8 Å². The number of halogens is 1. The fourth-order valence-corrected chi connectivity index (χ4v) is 2.81. The van der Waals surface area contributed by atoms with Gasteiger partial charge in [0.1, 0.15) is 17.2 Å². The van der Waals surface area contributed by atoms with E-state index in [4.69, 9.17) is 21.1 Å². The summed E-state index contributed by atoms with van der Waals surface area (Å²) >= 11 is 6.07. The summed E-state index contributed by atoms with van der Waals surface area (Å²) in [4.78, 5) is 4.56. The molecule has 4 nitrogen and oxygen atoms in total. The van der Waals surface area contributed by atoms with E-state index >= 15 is 0 Å². The monoisotopic (exact) mass is 354 g/mol. The Balaban J connectivity index is 1.98. The number of nitrogens with zero attached hydrogens (tertiary/aromatic N) is 2. The van der Waals surface area contributed by atoms with Crippen molar-refractivity contribution in [2.45, 2.75) is 6.92 Å². The summed E-state index contributed by atoms with van der Waals surface area (Å²) in [6.45, 7) is 2.06. The van der Waals surface area contributed by atoms with Gasteiger partial charge >= 0.3 is 0 Å². The second kappa shape index (κ2) is 7.45. The van der Waals surface area contributed by atoms with Crippen LogP contribution in [0, 0.1) is 6.92 Å². The summed E-state index contributed by atoms with van der Waals surface area (Å²) in [5, 5.41) is 0.620. The van der Waals surface area contributed by atoms with Gasteiger partial charge in [0.25, 0.3) is 0 Å². The molecule has 0 saturated carbocycles. The minimum Gasteiger partial charge on any atom is -0.497 e. The molecule has 0 aliphatic carbocycles. The summed E-state index contributed by atoms with van der Waals surface area (Å²) < 4.78 is 12.7. The molecule has 5 heteroatoms. The van der Waals surface area contributed by atoms with Crippen LogP contribution in [0.15, 0.2) is 59.6 Å². The van der Waals surface area contributed by atoms with Crippen LogP contribution in [0.5, 0.6) is 11.5 Å². The van der Waals surface area contributed by atoms with Crippen molar-refractivity contribution in [1.82, 2.24) is 4.57 Å². The van der Waals surface area contributed by atoms with Gasteiger partial charge in [-0.25, -0.2) is 0 Å². The molecule has 1 aromatic heterocycles. The van der Waals surface area contributed by atoms with Gasteiger partial charge in [-0.1, -0.05) is 11.6 Å². The second-order valence-corrected chi connectivity index (χ2v) is 5.94. The van der Waals surface area contributed by atoms with Crippen LogP contribution in [0.3, 0.4) is 0 Å². The molecule has 0 aliphatic rings. The molecule has 0 aliphatic heterocycles. The number of aromatic nitrogens is 1. The van der Waals surface area contributed by atoms with Crippen molar-refractivity contribution < 1.29 is 9.47 Å². The van der Waals surface area contributed by atoms with Gasteiger partial charge in [0, 0.05) is 16.4 Å². The first kappa shape index (κ1) is 17.1. The van der Waals surface area contributed by atoms with E-state index in [1.54, 1.807) is 26.4 Å². The van der Waals surface area contributed by atoms with Gasteiger partial charge < -0.3 is 14.0 Å². The third-order valence-corrected chi connectivity index (χ3v) is 4.15. The minimum atomic E-state index is 0.620. The molecule has 3 aromatic rings. The van der Waals surface area contributed by atoms with E-state index in [-0.39, 0.29) is 0 Å². The number of rotatable bonds is 5. The zero-order valence-electron chi connectivity index (χ0n) is 14.4. The minimum absolute atomic E-state index is 0.620. The molecule has 0 radical (unpaired) electrons. The van der Waals surface area contributed by atoms with Crippen LogP contribution >= 0.6 is 11.6 Å². The zero-order valence-corrected chi connectivity index (χ0v) is 15.1. The van der Waals surface area contributed by atoms with E-state index in [1.807, 2.05) is 42.6 Å². The van der Waals surface area contributed by atoms with Gasteiger partial charge in [0.15, 0.2) is 0 Å². The van der Waals surface area contributed by atoms with Crippen LogP contribution in [-0.4, -0.2) is 25.0 Å². The first-order valence-electron chi connectivity index (χ1n) is 7.83. The molecule has 25 heavy (non-hydrogen) atoms. The van der Waals surface area contributed by atoms with Crippen LogP contribution < -0.4 is 9.47 Å². The van der Waals surface area contributed by atoms with Crippen molar-refractivity contribution in [2.75, 3.05) is 14.2 Å². The third kappa shape index (κ3) is 3.69. The van der Waals surface area contributed by atoms with E-state index in [9.17, 15) is 0 Å². The lowest BCUT2D eigenvalue weighted by Gasteiger charge is -2.10. The summed E-state index contributed by atoms with van der Waals surface area (Å²) in [5.74, 6) is 1.51. The Morgan fingerprint density at radius 3 is 2.40 bits per heavy atom. The lowest BCUT2D eigenvalue weighted by Crippen LogP contribution is -2.01. The smallest absolute Gasteiger partial charge is 0.144 e. The van der Waals surface area contributed by atoms with Crippen LogP contribution in [0.2, 0.25) is 5.02 Å². The first-order chi connectivity index (χ1) is 12.1. The molecular weight excluding hydrogens is 336 g/mol. The molecule has 0 bridgehead atoms. The summed E-state index contributed by atoms with van der Waals surface area (Å²) in [6, 6.07) is 17.4. The highest BCUT2D eigenvalue weighted by atomic mass is 35.5. The topological polar surface area (TPSA) is 35.8 Å². The van der Waals surface area contributed by atoms with Crippen molar-refractivity contribution in [1.29, 1.82) is 0 Å². The predicted octanol–water partition coefficient (Wildman–Crippen LogP) is 5.21. The first-order valence-corrected chi connectivity index (χ1v) is 8.20. The SMILES string of the molecule is COc1ccc(-n2c(C)ccc2C=Nc2cc(Cl)ccc2OC)cc1. The molecule has 3 rings (SSSR count). The fourth-order valence-electron chi connectivity index (χ4n) is 2.64. The van der Waals surface area contributed by atoms with Crippen LogP contribution in [0.25, 0.3) is 5.69 Å². The van der Waals surface area contributed by atoms with Gasteiger partial charge in [-0.3, -0.25) is 4.99 Å². The standard InChI is InChI=1S/C20H19ClN2O2/c1-14-4-6-17(23(14)16-7-9-18(24-2)10-8-16)13-22-19-12-15(21)5-11-20(19)25-3/h4-13H,1-3H3. The molecule has 0 fully saturated rings. The number of ether oxygens (including phenoxy) is 2. The average molecular weight is 355 g/mol. The van der Waals surface area contributed by atoms with E-state index < -0.39 is 0 Å². The molecule has 0 saturated heterocycles. The molecule has 0 atom stereocenters. The highest BCUT2D eigenvalue weighted by Gasteiger charge is 2.07. The number of aliphatic imine (C=N–C) groups is 1. The Morgan fingerprint density at radius 2 is 1.72 bits per heavy atom. The van der Waals surface area contributed by atoms with Crippen molar-refractivity contribution in [3.8, 4) is 17.2 Å². The number of aryl methyl sites for hydroxylation is 1. The van der Waals surface area contributed by atoms with E-state index in [2.05, 4.69) is 22.5 Å². The van der Waals surface area contributed by atoms with Gasteiger partial charge in [-0.2, -0.15) is 0 Å². The van der Waals surface area contributed by atoms with Gasteiger partial charge in [-0.15, -0.1) is 0 Å². The van der Waals surface area contributed by atoms with Crippen LogP contribution in [0.4, 0.5) is 5.69 Å². The molecule has 0 amide bonds. The number of hydrogen-bond donors (Lipinski definition) is 0. The summed E-state index contributed by atoms with van der Waals surface area (Å²) in [7, 11) is 3.28. The summed E-state index contributed by atoms with van der Waals surface area (Å²) in [6.07, 6.45) is 1.81. The Hall–Kier alpha value is -2.72. The Kier molecular flexibility index (Phi) is 5.10. The van der Waals surface area contributed by atoms with Crippen LogP contribution in [-0.2, 0) is 0 Å². The largest absolute Gasteiger partial charge is 0.497 e. The Bertz CT molecular complexity index is 899. The van der Waals surface area contributed by atoms with Gasteiger partial charge in [0.05, 0.1) is 26.1 Å². The average Bonchev–Trinajstić information content (AvgIpc) is 3.00. The summed E-state index contributed by atoms with van der Waals surface area (Å²) in [5.41, 5.74) is 3.81. The van der Waals surface area contributed by atoms with E-state index in [0.29, 0.717) is 16.5 Å². The van der Waals surface area contributed by atoms with Crippen molar-refractivity contribution in [2.24, 2.45) is 4.99 Å². The molecule has 128 valence electrons. The third-order valence-electron chi connectivity index (χ3n) is 3.91. The molecule has 0 unspecified atom stereocenters. The maximum Gasteiger partial charge on any atom is 0.144 e. The molecule has 0 N–H and O–H groups in total. The Morgan fingerprint density at radius 1 is 0.960 bits per heavy atom. The predicted molar refractivity (Wildman–Crippen MR) is 102 cm³/mol. The van der Waals surface area contributed by atoms with Crippen molar-refractivity contribution in [3.63, 3.8) is 0 Å². The molecular formula is C20H19ClN2O2. The lowest BCUT2D eigenvalue weighted by atomic mass is 10.3.